The monoisotopic (exact) mass is 417 g/mol. The van der Waals surface area contributed by atoms with Crippen molar-refractivity contribution in [1.29, 1.82) is 0 Å². The van der Waals surface area contributed by atoms with E-state index in [0.29, 0.717) is 5.69 Å². The van der Waals surface area contributed by atoms with Crippen LogP contribution in [0.15, 0.2) is 72.8 Å². The van der Waals surface area contributed by atoms with Gasteiger partial charge in [-0.2, -0.15) is 0 Å². The van der Waals surface area contributed by atoms with Crippen LogP contribution in [0.5, 0.6) is 11.5 Å². The van der Waals surface area contributed by atoms with Crippen molar-refractivity contribution in [2.75, 3.05) is 5.32 Å². The van der Waals surface area contributed by atoms with Crippen LogP contribution in [0.1, 0.15) is 44.4 Å². The molecule has 0 unspecified atom stereocenters. The molecule has 0 bridgehead atoms. The number of ether oxygens (including phenoxy) is 1. The largest absolute Gasteiger partial charge is 0.508 e. The molecule has 0 radical (unpaired) electrons. The fourth-order valence-electron chi connectivity index (χ4n) is 3.25. The number of rotatable bonds is 4. The van der Waals surface area contributed by atoms with Crippen LogP contribution in [-0.4, -0.2) is 21.9 Å². The van der Waals surface area contributed by atoms with Gasteiger partial charge in [-0.1, -0.05) is 36.4 Å². The third-order valence-electron chi connectivity index (χ3n) is 4.63. The van der Waals surface area contributed by atoms with Crippen LogP contribution < -0.4 is 5.32 Å². The fraction of sp³-hybridized carbons (Fsp3) is 0.192. The smallest absolute Gasteiger partial charge is 0.412 e. The predicted octanol–water partition coefficient (Wildman–Crippen LogP) is 6.42. The molecule has 0 fully saturated rings. The number of benzene rings is 3. The van der Waals surface area contributed by atoms with E-state index in [1.807, 2.05) is 76.2 Å². The SMILES string of the molecule is CC(=C(c1ccc(O)cc1)c1ccc(O)cc1)c1cccc(NC(=O)OC(C)(C)C)c1. The number of anilines is 1. The first-order valence-corrected chi connectivity index (χ1v) is 10.0. The summed E-state index contributed by atoms with van der Waals surface area (Å²) in [7, 11) is 0. The lowest BCUT2D eigenvalue weighted by Gasteiger charge is -2.20. The lowest BCUT2D eigenvalue weighted by molar-refractivity contribution is 0.0636. The molecule has 3 aromatic carbocycles. The van der Waals surface area contributed by atoms with E-state index in [9.17, 15) is 15.0 Å². The Labute approximate surface area is 182 Å². The van der Waals surface area contributed by atoms with Gasteiger partial charge in [0.1, 0.15) is 17.1 Å². The number of aromatic hydroxyl groups is 2. The maximum absolute atomic E-state index is 12.2. The highest BCUT2D eigenvalue weighted by Crippen LogP contribution is 2.34. The summed E-state index contributed by atoms with van der Waals surface area (Å²) in [6, 6.07) is 21.5. The Bertz CT molecular complexity index is 1040. The summed E-state index contributed by atoms with van der Waals surface area (Å²) in [6.45, 7) is 7.45. The molecule has 3 aromatic rings. The second-order valence-electron chi connectivity index (χ2n) is 8.30. The number of phenolic OH excluding ortho intramolecular Hbond substituents is 2. The molecular formula is C26H27NO4. The van der Waals surface area contributed by atoms with Crippen LogP contribution in [0.4, 0.5) is 10.5 Å². The lowest BCUT2D eigenvalue weighted by atomic mass is 9.90. The van der Waals surface area contributed by atoms with Gasteiger partial charge in [0.05, 0.1) is 0 Å². The van der Waals surface area contributed by atoms with E-state index in [2.05, 4.69) is 5.32 Å². The molecule has 1 amide bonds. The van der Waals surface area contributed by atoms with E-state index in [1.165, 1.54) is 0 Å². The van der Waals surface area contributed by atoms with Crippen molar-refractivity contribution in [3.63, 3.8) is 0 Å². The maximum atomic E-state index is 12.2. The molecule has 0 saturated heterocycles. The van der Waals surface area contributed by atoms with Crippen LogP contribution in [0.25, 0.3) is 11.1 Å². The average molecular weight is 418 g/mol. The fourth-order valence-corrected chi connectivity index (χ4v) is 3.25. The number of nitrogens with one attached hydrogen (secondary N) is 1. The molecule has 0 atom stereocenters. The number of amides is 1. The Morgan fingerprint density at radius 2 is 1.32 bits per heavy atom. The summed E-state index contributed by atoms with van der Waals surface area (Å²) >= 11 is 0. The van der Waals surface area contributed by atoms with Crippen molar-refractivity contribution in [1.82, 2.24) is 0 Å². The molecule has 160 valence electrons. The van der Waals surface area contributed by atoms with Crippen molar-refractivity contribution in [2.24, 2.45) is 0 Å². The zero-order valence-corrected chi connectivity index (χ0v) is 18.1. The Morgan fingerprint density at radius 1 is 0.806 bits per heavy atom. The molecule has 0 aromatic heterocycles. The number of phenols is 2. The van der Waals surface area contributed by atoms with Crippen LogP contribution in [0.2, 0.25) is 0 Å². The molecule has 0 spiro atoms. The molecule has 3 N–H and O–H groups in total. The van der Waals surface area contributed by atoms with E-state index >= 15 is 0 Å². The first kappa shape index (κ1) is 22.0. The summed E-state index contributed by atoms with van der Waals surface area (Å²) in [5, 5.41) is 22.2. The summed E-state index contributed by atoms with van der Waals surface area (Å²) in [4.78, 5) is 12.2. The van der Waals surface area contributed by atoms with E-state index in [4.69, 9.17) is 4.74 Å². The highest BCUT2D eigenvalue weighted by atomic mass is 16.6. The molecule has 5 heteroatoms. The van der Waals surface area contributed by atoms with E-state index < -0.39 is 11.7 Å². The van der Waals surface area contributed by atoms with Gasteiger partial charge in [-0.15, -0.1) is 0 Å². The normalized spacial score (nSPS) is 11.0. The molecule has 5 nitrogen and oxygen atoms in total. The van der Waals surface area contributed by atoms with Gasteiger partial charge < -0.3 is 14.9 Å². The summed E-state index contributed by atoms with van der Waals surface area (Å²) in [5.41, 5.74) is 4.74. The minimum Gasteiger partial charge on any atom is -0.508 e. The Kier molecular flexibility index (Phi) is 6.35. The van der Waals surface area contributed by atoms with Crippen molar-refractivity contribution in [3.05, 3.63) is 89.5 Å². The lowest BCUT2D eigenvalue weighted by Crippen LogP contribution is -2.27. The highest BCUT2D eigenvalue weighted by molar-refractivity contribution is 5.98. The topological polar surface area (TPSA) is 78.8 Å². The zero-order valence-electron chi connectivity index (χ0n) is 18.1. The van der Waals surface area contributed by atoms with E-state index in [0.717, 1.165) is 27.8 Å². The molecule has 0 aliphatic heterocycles. The van der Waals surface area contributed by atoms with E-state index in [1.54, 1.807) is 24.3 Å². The number of hydrogen-bond acceptors (Lipinski definition) is 4. The van der Waals surface area contributed by atoms with Gasteiger partial charge in [0.2, 0.25) is 0 Å². The predicted molar refractivity (Wildman–Crippen MR) is 124 cm³/mol. The van der Waals surface area contributed by atoms with Crippen LogP contribution in [0, 0.1) is 0 Å². The first-order valence-electron chi connectivity index (χ1n) is 10.0. The van der Waals surface area contributed by atoms with E-state index in [-0.39, 0.29) is 11.5 Å². The van der Waals surface area contributed by atoms with Gasteiger partial charge in [0, 0.05) is 5.69 Å². The minimum absolute atomic E-state index is 0.190. The standard InChI is InChI=1S/C26H27NO4/c1-17(20-6-5-7-21(16-20)27-25(30)31-26(2,3)4)24(18-8-12-22(28)13-9-18)19-10-14-23(29)15-11-19/h5-16,28-29H,1-4H3,(H,27,30). The number of hydrogen-bond donors (Lipinski definition) is 3. The minimum atomic E-state index is -0.581. The van der Waals surface area contributed by atoms with Crippen LogP contribution >= 0.6 is 0 Å². The molecule has 31 heavy (non-hydrogen) atoms. The molecule has 0 saturated carbocycles. The van der Waals surface area contributed by atoms with Crippen molar-refractivity contribution < 1.29 is 19.7 Å². The van der Waals surface area contributed by atoms with Gasteiger partial charge in [-0.3, -0.25) is 5.32 Å². The average Bonchev–Trinajstić information content (AvgIpc) is 2.69. The van der Waals surface area contributed by atoms with Gasteiger partial charge in [-0.05, 0) is 91.9 Å². The molecule has 0 heterocycles. The summed E-state index contributed by atoms with van der Waals surface area (Å²) in [5.74, 6) is 0.380. The first-order chi connectivity index (χ1) is 14.6. The molecular weight excluding hydrogens is 390 g/mol. The summed E-state index contributed by atoms with van der Waals surface area (Å²) < 4.78 is 5.34. The quantitative estimate of drug-likeness (QED) is 0.428. The molecule has 3 rings (SSSR count). The van der Waals surface area contributed by atoms with Gasteiger partial charge in [0.25, 0.3) is 0 Å². The van der Waals surface area contributed by atoms with Crippen molar-refractivity contribution >= 4 is 22.9 Å². The molecule has 0 aliphatic carbocycles. The van der Waals surface area contributed by atoms with Crippen LogP contribution in [0.3, 0.4) is 0 Å². The second-order valence-corrected chi connectivity index (χ2v) is 8.30. The Balaban J connectivity index is 2.04. The second kappa shape index (κ2) is 8.96. The third kappa shape index (κ3) is 5.89. The van der Waals surface area contributed by atoms with Gasteiger partial charge in [0.15, 0.2) is 0 Å². The van der Waals surface area contributed by atoms with Crippen molar-refractivity contribution in [3.8, 4) is 11.5 Å². The molecule has 0 aliphatic rings. The zero-order chi connectivity index (χ0) is 22.6. The highest BCUT2D eigenvalue weighted by Gasteiger charge is 2.17. The number of carbonyl (C=O) groups excluding carboxylic acids is 1. The maximum Gasteiger partial charge on any atom is 0.412 e. The van der Waals surface area contributed by atoms with Gasteiger partial charge >= 0.3 is 6.09 Å². The Hall–Kier alpha value is -3.73. The van der Waals surface area contributed by atoms with Crippen molar-refractivity contribution in [2.45, 2.75) is 33.3 Å². The number of allylic oxidation sites excluding steroid dienone is 1. The summed E-state index contributed by atoms with van der Waals surface area (Å²) in [6.07, 6.45) is -0.511. The number of carbonyl (C=O) groups is 1. The Morgan fingerprint density at radius 3 is 1.81 bits per heavy atom. The van der Waals surface area contributed by atoms with Gasteiger partial charge in [-0.25, -0.2) is 4.79 Å². The third-order valence-corrected chi connectivity index (χ3v) is 4.63. The van der Waals surface area contributed by atoms with Crippen LogP contribution in [-0.2, 0) is 4.74 Å².